The van der Waals surface area contributed by atoms with Gasteiger partial charge in [-0.1, -0.05) is 12.1 Å². The Bertz CT molecular complexity index is 465. The summed E-state index contributed by atoms with van der Waals surface area (Å²) in [5.74, 6) is 0. The van der Waals surface area contributed by atoms with Crippen LogP contribution in [0.15, 0.2) is 35.2 Å². The minimum atomic E-state index is 0.224. The predicted octanol–water partition coefficient (Wildman–Crippen LogP) is 3.38. The molecule has 0 saturated carbocycles. The number of aromatic nitrogens is 1. The van der Waals surface area contributed by atoms with Gasteiger partial charge in [0.15, 0.2) is 0 Å². The zero-order valence-corrected chi connectivity index (χ0v) is 11.2. The lowest BCUT2D eigenvalue weighted by atomic mass is 10.2. The average molecular weight is 247 g/mol. The summed E-state index contributed by atoms with van der Waals surface area (Å²) in [4.78, 5) is 6.44. The summed E-state index contributed by atoms with van der Waals surface area (Å²) in [6.07, 6.45) is 0. The molecule has 17 heavy (non-hydrogen) atoms. The van der Waals surface area contributed by atoms with Gasteiger partial charge in [0.1, 0.15) is 0 Å². The number of hydrogen-bond acceptors (Lipinski definition) is 4. The van der Waals surface area contributed by atoms with Gasteiger partial charge in [-0.3, -0.25) is 0 Å². The fourth-order valence-corrected chi connectivity index (χ4v) is 2.38. The molecular weight excluding hydrogens is 230 g/mol. The van der Waals surface area contributed by atoms with Crippen molar-refractivity contribution in [3.63, 3.8) is 0 Å². The van der Waals surface area contributed by atoms with Crippen molar-refractivity contribution in [2.75, 3.05) is 24.3 Å². The first-order valence-corrected chi connectivity index (χ1v) is 6.53. The summed E-state index contributed by atoms with van der Waals surface area (Å²) >= 11 is 1.63. The van der Waals surface area contributed by atoms with Crippen molar-refractivity contribution in [3.05, 3.63) is 40.8 Å². The Morgan fingerprint density at radius 3 is 2.71 bits per heavy atom. The third-order valence-electron chi connectivity index (χ3n) is 2.65. The Labute approximate surface area is 106 Å². The van der Waals surface area contributed by atoms with Gasteiger partial charge < -0.3 is 10.2 Å². The van der Waals surface area contributed by atoms with Crippen LogP contribution in [0.3, 0.4) is 0 Å². The molecule has 0 amide bonds. The van der Waals surface area contributed by atoms with Gasteiger partial charge in [-0.25, -0.2) is 4.98 Å². The lowest BCUT2D eigenvalue weighted by molar-refractivity contribution is 0.849. The summed E-state index contributed by atoms with van der Waals surface area (Å²) in [5.41, 5.74) is 5.28. The second kappa shape index (κ2) is 5.19. The van der Waals surface area contributed by atoms with Crippen LogP contribution in [-0.4, -0.2) is 19.1 Å². The third-order valence-corrected chi connectivity index (χ3v) is 3.26. The summed E-state index contributed by atoms with van der Waals surface area (Å²) in [5, 5.41) is 5.58. The molecule has 4 heteroatoms. The third kappa shape index (κ3) is 2.77. The van der Waals surface area contributed by atoms with E-state index in [1.54, 1.807) is 11.3 Å². The van der Waals surface area contributed by atoms with Gasteiger partial charge >= 0.3 is 0 Å². The Hall–Kier alpha value is -1.55. The predicted molar refractivity (Wildman–Crippen MR) is 74.9 cm³/mol. The van der Waals surface area contributed by atoms with Gasteiger partial charge in [-0.05, 0) is 19.1 Å². The first kappa shape index (κ1) is 11.9. The molecule has 0 aliphatic carbocycles. The molecule has 0 aliphatic rings. The maximum Gasteiger partial charge on any atom is 0.0795 e. The number of nitrogens with zero attached hydrogens (tertiary/aromatic N) is 2. The lowest BCUT2D eigenvalue weighted by Crippen LogP contribution is -2.14. The topological polar surface area (TPSA) is 28.2 Å². The van der Waals surface area contributed by atoms with Crippen LogP contribution < -0.4 is 10.2 Å². The number of rotatable bonds is 4. The van der Waals surface area contributed by atoms with Crippen LogP contribution in [0.5, 0.6) is 0 Å². The quantitative estimate of drug-likeness (QED) is 0.897. The Kier molecular flexibility index (Phi) is 3.64. The first-order valence-electron chi connectivity index (χ1n) is 5.59. The van der Waals surface area contributed by atoms with Gasteiger partial charge in [0.2, 0.25) is 0 Å². The molecule has 1 aromatic carbocycles. The van der Waals surface area contributed by atoms with Crippen molar-refractivity contribution in [1.82, 2.24) is 4.98 Å². The van der Waals surface area contributed by atoms with E-state index in [1.165, 1.54) is 5.69 Å². The van der Waals surface area contributed by atoms with Crippen molar-refractivity contribution >= 4 is 22.7 Å². The highest BCUT2D eigenvalue weighted by molar-refractivity contribution is 7.07. The van der Waals surface area contributed by atoms with E-state index in [0.717, 1.165) is 11.4 Å². The molecule has 90 valence electrons. The Balaban J connectivity index is 2.18. The van der Waals surface area contributed by atoms with Gasteiger partial charge in [0, 0.05) is 19.5 Å². The molecule has 0 saturated heterocycles. The van der Waals surface area contributed by atoms with E-state index < -0.39 is 0 Å². The molecule has 0 bridgehead atoms. The molecule has 2 aromatic rings. The summed E-state index contributed by atoms with van der Waals surface area (Å²) in [6, 6.07) is 8.52. The van der Waals surface area contributed by atoms with E-state index in [1.807, 2.05) is 31.7 Å². The smallest absolute Gasteiger partial charge is 0.0795 e. The second-order valence-corrected chi connectivity index (χ2v) is 4.91. The van der Waals surface area contributed by atoms with Crippen LogP contribution >= 0.6 is 11.3 Å². The molecule has 1 aromatic heterocycles. The highest BCUT2D eigenvalue weighted by Gasteiger charge is 2.10. The van der Waals surface area contributed by atoms with Crippen molar-refractivity contribution < 1.29 is 0 Å². The zero-order valence-electron chi connectivity index (χ0n) is 10.3. The summed E-state index contributed by atoms with van der Waals surface area (Å²) in [7, 11) is 4.10. The molecule has 1 heterocycles. The van der Waals surface area contributed by atoms with Gasteiger partial charge in [0.25, 0.3) is 0 Å². The van der Waals surface area contributed by atoms with Crippen molar-refractivity contribution in [3.8, 4) is 0 Å². The van der Waals surface area contributed by atoms with E-state index in [4.69, 9.17) is 0 Å². The number of anilines is 2. The van der Waals surface area contributed by atoms with E-state index >= 15 is 0 Å². The van der Waals surface area contributed by atoms with Gasteiger partial charge in [-0.15, -0.1) is 11.3 Å². The number of para-hydroxylation sites is 2. The highest BCUT2D eigenvalue weighted by atomic mass is 32.1. The van der Waals surface area contributed by atoms with Crippen LogP contribution in [0, 0.1) is 0 Å². The van der Waals surface area contributed by atoms with Crippen LogP contribution in [0.25, 0.3) is 0 Å². The average Bonchev–Trinajstić information content (AvgIpc) is 2.83. The second-order valence-electron chi connectivity index (χ2n) is 4.19. The number of nitrogens with one attached hydrogen (secondary N) is 1. The maximum absolute atomic E-state index is 4.33. The van der Waals surface area contributed by atoms with E-state index in [9.17, 15) is 0 Å². The summed E-state index contributed by atoms with van der Waals surface area (Å²) in [6.45, 7) is 2.13. The molecule has 1 N–H and O–H groups in total. The number of thiazole rings is 1. The molecule has 0 radical (unpaired) electrons. The van der Waals surface area contributed by atoms with Gasteiger partial charge in [-0.2, -0.15) is 0 Å². The largest absolute Gasteiger partial charge is 0.376 e. The molecule has 0 fully saturated rings. The molecule has 1 unspecified atom stereocenters. The standard InChI is InChI=1S/C13H17N3S/c1-10(12-8-17-9-14-12)15-11-6-4-5-7-13(11)16(2)3/h4-10,15H,1-3H3. The first-order chi connectivity index (χ1) is 8.18. The molecule has 0 aliphatic heterocycles. The normalized spacial score (nSPS) is 12.2. The maximum atomic E-state index is 4.33. The van der Waals surface area contributed by atoms with Crippen LogP contribution in [0.4, 0.5) is 11.4 Å². The van der Waals surface area contributed by atoms with Crippen LogP contribution in [-0.2, 0) is 0 Å². The SMILES string of the molecule is CC(Nc1ccccc1N(C)C)c1cscn1. The van der Waals surface area contributed by atoms with Crippen molar-refractivity contribution in [2.45, 2.75) is 13.0 Å². The summed E-state index contributed by atoms with van der Waals surface area (Å²) < 4.78 is 0. The number of benzene rings is 1. The van der Waals surface area contributed by atoms with Crippen LogP contribution in [0.2, 0.25) is 0 Å². The van der Waals surface area contributed by atoms with Gasteiger partial charge in [0.05, 0.1) is 28.6 Å². The highest BCUT2D eigenvalue weighted by Crippen LogP contribution is 2.27. The van der Waals surface area contributed by atoms with E-state index in [2.05, 4.69) is 39.6 Å². The fraction of sp³-hybridized carbons (Fsp3) is 0.308. The minimum absolute atomic E-state index is 0.224. The van der Waals surface area contributed by atoms with E-state index in [-0.39, 0.29) is 6.04 Å². The molecule has 3 nitrogen and oxygen atoms in total. The lowest BCUT2D eigenvalue weighted by Gasteiger charge is -2.21. The van der Waals surface area contributed by atoms with Crippen molar-refractivity contribution in [1.29, 1.82) is 0 Å². The fourth-order valence-electron chi connectivity index (χ4n) is 1.73. The molecule has 0 spiro atoms. The van der Waals surface area contributed by atoms with E-state index in [0.29, 0.717) is 0 Å². The zero-order chi connectivity index (χ0) is 12.3. The monoisotopic (exact) mass is 247 g/mol. The minimum Gasteiger partial charge on any atom is -0.376 e. The molecular formula is C13H17N3S. The number of hydrogen-bond donors (Lipinski definition) is 1. The molecule has 2 rings (SSSR count). The Morgan fingerprint density at radius 2 is 2.06 bits per heavy atom. The Morgan fingerprint density at radius 1 is 1.29 bits per heavy atom. The van der Waals surface area contributed by atoms with Crippen LogP contribution in [0.1, 0.15) is 18.7 Å². The van der Waals surface area contributed by atoms with Crippen molar-refractivity contribution in [2.24, 2.45) is 0 Å². The molecule has 1 atom stereocenters.